The van der Waals surface area contributed by atoms with Crippen molar-refractivity contribution in [1.29, 1.82) is 0 Å². The summed E-state index contributed by atoms with van der Waals surface area (Å²) in [5.74, 6) is -5.03. The van der Waals surface area contributed by atoms with Gasteiger partial charge in [0.15, 0.2) is 17.3 Å². The van der Waals surface area contributed by atoms with Crippen LogP contribution in [-0.4, -0.2) is 36.4 Å². The maximum absolute atomic E-state index is 13.9. The smallest absolute Gasteiger partial charge is 0.417 e. The highest BCUT2D eigenvalue weighted by Crippen LogP contribution is 2.45. The van der Waals surface area contributed by atoms with E-state index >= 15 is 0 Å². The lowest BCUT2D eigenvalue weighted by Gasteiger charge is -2.18. The Hall–Kier alpha value is -2.54. The van der Waals surface area contributed by atoms with Crippen LogP contribution in [0.2, 0.25) is 5.02 Å². The number of ketones is 1. The largest absolute Gasteiger partial charge is 0.454 e. The first-order valence-electron chi connectivity index (χ1n) is 11.2. The van der Waals surface area contributed by atoms with Crippen molar-refractivity contribution in [2.75, 3.05) is 18.3 Å². The van der Waals surface area contributed by atoms with E-state index in [9.17, 15) is 44.3 Å². The number of fused-ring (bicyclic) bond motifs is 1. The summed E-state index contributed by atoms with van der Waals surface area (Å²) in [5.41, 5.74) is -2.66. The fourth-order valence-corrected chi connectivity index (χ4v) is 4.93. The van der Waals surface area contributed by atoms with E-state index in [-0.39, 0.29) is 40.2 Å². The summed E-state index contributed by atoms with van der Waals surface area (Å²) < 4.78 is 130. The van der Waals surface area contributed by atoms with Gasteiger partial charge in [0.25, 0.3) is 0 Å². The van der Waals surface area contributed by atoms with Crippen molar-refractivity contribution in [2.24, 2.45) is 5.92 Å². The van der Waals surface area contributed by atoms with Crippen LogP contribution in [-0.2, 0) is 6.18 Å². The Balaban J connectivity index is 1.85. The molecule has 214 valence electrons. The van der Waals surface area contributed by atoms with Gasteiger partial charge in [-0.15, -0.1) is 0 Å². The standard InChI is InChI=1S/C25H20ClF9O3S/c1-13(10-39-11-23(27,28)29)6-20(36)16-4-2-14(7-18(16)25(33,34)35)3-5-17(24(30,31)32)15-8-19(26)22-21(9-15)37-12-38-22/h2-5,7-9,13,17H,6,10-12H2,1H3/b5-3+/t13-,17?/m0/s1. The van der Waals surface area contributed by atoms with Crippen molar-refractivity contribution < 1.29 is 53.8 Å². The molecular weight excluding hydrogens is 587 g/mol. The summed E-state index contributed by atoms with van der Waals surface area (Å²) in [5, 5.41) is -0.129. The first-order chi connectivity index (χ1) is 18.0. The molecule has 39 heavy (non-hydrogen) atoms. The van der Waals surface area contributed by atoms with Gasteiger partial charge < -0.3 is 9.47 Å². The number of Topliss-reactive ketones (excluding diaryl/α,β-unsaturated/α-hetero) is 1. The summed E-state index contributed by atoms with van der Waals surface area (Å²) in [6.45, 7) is 1.20. The average Bonchev–Trinajstić information content (AvgIpc) is 3.26. The number of thioether (sulfide) groups is 1. The zero-order valence-corrected chi connectivity index (χ0v) is 21.5. The summed E-state index contributed by atoms with van der Waals surface area (Å²) in [6.07, 6.45) is -13.2. The van der Waals surface area contributed by atoms with E-state index in [0.29, 0.717) is 23.9 Å². The van der Waals surface area contributed by atoms with Crippen LogP contribution in [0.3, 0.4) is 0 Å². The minimum atomic E-state index is -5.02. The van der Waals surface area contributed by atoms with Crippen LogP contribution >= 0.6 is 23.4 Å². The molecule has 0 bridgehead atoms. The number of benzene rings is 2. The molecule has 0 saturated carbocycles. The van der Waals surface area contributed by atoms with Crippen molar-refractivity contribution in [3.8, 4) is 11.5 Å². The molecule has 2 aromatic rings. The Labute approximate surface area is 226 Å². The second-order valence-corrected chi connectivity index (χ2v) is 10.2. The van der Waals surface area contributed by atoms with E-state index in [0.717, 1.165) is 30.3 Å². The highest BCUT2D eigenvalue weighted by Gasteiger charge is 2.40. The van der Waals surface area contributed by atoms with Gasteiger partial charge in [-0.2, -0.15) is 51.3 Å². The molecule has 0 N–H and O–H groups in total. The Kier molecular flexibility index (Phi) is 9.47. The third kappa shape index (κ3) is 8.47. The van der Waals surface area contributed by atoms with Gasteiger partial charge in [0.1, 0.15) is 0 Å². The molecule has 2 aromatic carbocycles. The van der Waals surface area contributed by atoms with Gasteiger partial charge in [-0.05, 0) is 41.0 Å². The van der Waals surface area contributed by atoms with E-state index < -0.39 is 59.4 Å². The fourth-order valence-electron chi connectivity index (χ4n) is 3.79. The molecule has 1 aliphatic heterocycles. The minimum Gasteiger partial charge on any atom is -0.454 e. The normalized spacial score (nSPS) is 15.6. The molecule has 0 aliphatic carbocycles. The van der Waals surface area contributed by atoms with Crippen molar-refractivity contribution in [3.63, 3.8) is 0 Å². The Morgan fingerprint density at radius 3 is 2.36 bits per heavy atom. The van der Waals surface area contributed by atoms with E-state index in [2.05, 4.69) is 0 Å². The van der Waals surface area contributed by atoms with Crippen LogP contribution in [0.1, 0.15) is 46.3 Å². The molecule has 0 fully saturated rings. The molecule has 2 atom stereocenters. The van der Waals surface area contributed by atoms with Crippen molar-refractivity contribution in [1.82, 2.24) is 0 Å². The summed E-state index contributed by atoms with van der Waals surface area (Å²) in [7, 11) is 0. The molecule has 3 nitrogen and oxygen atoms in total. The Morgan fingerprint density at radius 1 is 1.05 bits per heavy atom. The SMILES string of the molecule is C[C@H](CSCC(F)(F)F)CC(=O)c1ccc(/C=C/C(c2cc(Cl)c3c(c2)OCO3)C(F)(F)F)cc1C(F)(F)F. The van der Waals surface area contributed by atoms with Crippen LogP contribution < -0.4 is 9.47 Å². The molecule has 0 saturated heterocycles. The van der Waals surface area contributed by atoms with Crippen LogP contribution in [0.15, 0.2) is 36.4 Å². The highest BCUT2D eigenvalue weighted by atomic mass is 35.5. The number of alkyl halides is 9. The molecule has 0 radical (unpaired) electrons. The number of carbonyl (C=O) groups is 1. The average molecular weight is 607 g/mol. The van der Waals surface area contributed by atoms with Gasteiger partial charge in [-0.1, -0.05) is 42.8 Å². The first-order valence-corrected chi connectivity index (χ1v) is 12.7. The predicted octanol–water partition coefficient (Wildman–Crippen LogP) is 8.95. The summed E-state index contributed by atoms with van der Waals surface area (Å²) >= 11 is 6.49. The van der Waals surface area contributed by atoms with Crippen molar-refractivity contribution in [3.05, 3.63) is 63.7 Å². The third-order valence-corrected chi connectivity index (χ3v) is 7.11. The lowest BCUT2D eigenvalue weighted by atomic mass is 9.93. The zero-order chi connectivity index (χ0) is 29.2. The second-order valence-electron chi connectivity index (χ2n) is 8.78. The van der Waals surface area contributed by atoms with Crippen LogP contribution in [0.4, 0.5) is 39.5 Å². The van der Waals surface area contributed by atoms with Gasteiger partial charge in [-0.3, -0.25) is 4.79 Å². The van der Waals surface area contributed by atoms with Gasteiger partial charge in [0.05, 0.1) is 22.3 Å². The van der Waals surface area contributed by atoms with Gasteiger partial charge in [0, 0.05) is 12.0 Å². The van der Waals surface area contributed by atoms with Gasteiger partial charge >= 0.3 is 18.5 Å². The molecular formula is C25H20ClF9O3S. The van der Waals surface area contributed by atoms with Crippen LogP contribution in [0.25, 0.3) is 6.08 Å². The van der Waals surface area contributed by atoms with Crippen molar-refractivity contribution >= 4 is 35.2 Å². The lowest BCUT2D eigenvalue weighted by Crippen LogP contribution is -2.19. The number of halogens is 10. The number of rotatable bonds is 9. The monoisotopic (exact) mass is 606 g/mol. The fraction of sp³-hybridized carbons (Fsp3) is 0.400. The molecule has 1 heterocycles. The molecule has 3 rings (SSSR count). The Morgan fingerprint density at radius 2 is 1.74 bits per heavy atom. The number of allylic oxidation sites excluding steroid dienone is 1. The summed E-state index contributed by atoms with van der Waals surface area (Å²) in [6, 6.07) is 4.55. The van der Waals surface area contributed by atoms with E-state index in [1.54, 1.807) is 0 Å². The quantitative estimate of drug-likeness (QED) is 0.211. The summed E-state index contributed by atoms with van der Waals surface area (Å²) in [4.78, 5) is 12.6. The third-order valence-electron chi connectivity index (χ3n) is 5.49. The molecule has 0 amide bonds. The molecule has 0 spiro atoms. The van der Waals surface area contributed by atoms with E-state index in [1.807, 2.05) is 0 Å². The number of hydrogen-bond donors (Lipinski definition) is 0. The van der Waals surface area contributed by atoms with Crippen LogP contribution in [0, 0.1) is 5.92 Å². The van der Waals surface area contributed by atoms with E-state index in [1.165, 1.54) is 6.92 Å². The van der Waals surface area contributed by atoms with Crippen LogP contribution in [0.5, 0.6) is 11.5 Å². The molecule has 14 heteroatoms. The lowest BCUT2D eigenvalue weighted by molar-refractivity contribution is -0.139. The molecule has 1 unspecified atom stereocenters. The number of ether oxygens (including phenoxy) is 2. The molecule has 0 aromatic heterocycles. The molecule has 1 aliphatic rings. The van der Waals surface area contributed by atoms with Crippen molar-refractivity contribution in [2.45, 2.75) is 37.8 Å². The number of carbonyl (C=O) groups excluding carboxylic acids is 1. The maximum atomic E-state index is 13.9. The van der Waals surface area contributed by atoms with Gasteiger partial charge in [-0.25, -0.2) is 0 Å². The van der Waals surface area contributed by atoms with E-state index in [4.69, 9.17) is 21.1 Å². The first kappa shape index (κ1) is 31.0. The minimum absolute atomic E-state index is 0.00610. The predicted molar refractivity (Wildman–Crippen MR) is 128 cm³/mol. The topological polar surface area (TPSA) is 35.5 Å². The maximum Gasteiger partial charge on any atom is 0.417 e. The van der Waals surface area contributed by atoms with Gasteiger partial charge in [0.2, 0.25) is 6.79 Å². The number of hydrogen-bond acceptors (Lipinski definition) is 4. The zero-order valence-electron chi connectivity index (χ0n) is 19.9. The Bertz CT molecular complexity index is 1220. The second kappa shape index (κ2) is 11.9. The highest BCUT2D eigenvalue weighted by molar-refractivity contribution is 7.99.